The van der Waals surface area contributed by atoms with Crippen LogP contribution in [-0.2, 0) is 32.3 Å². The Balaban J connectivity index is 2.80. The Morgan fingerprint density at radius 3 is 2.28 bits per heavy atom. The summed E-state index contributed by atoms with van der Waals surface area (Å²) in [6, 6.07) is 5.42. The number of ether oxygens (including phenoxy) is 2. The molecule has 0 spiro atoms. The van der Waals surface area contributed by atoms with Crippen molar-refractivity contribution in [2.75, 3.05) is 0 Å². The van der Waals surface area contributed by atoms with Crippen LogP contribution in [0.25, 0.3) is 0 Å². The zero-order chi connectivity index (χ0) is 13.5. The van der Waals surface area contributed by atoms with E-state index in [0.29, 0.717) is 32.0 Å². The van der Waals surface area contributed by atoms with Crippen molar-refractivity contribution in [1.29, 1.82) is 0 Å². The van der Waals surface area contributed by atoms with Gasteiger partial charge < -0.3 is 0 Å². The molecule has 0 aliphatic carbocycles. The topological polar surface area (TPSA) is 61.8 Å². The Labute approximate surface area is 122 Å². The molecule has 94 valence electrons. The molecule has 1 aromatic rings. The first-order valence-electron chi connectivity index (χ1n) is 5.28. The summed E-state index contributed by atoms with van der Waals surface area (Å²) in [6.45, 7) is 3.07. The zero-order valence-corrected chi connectivity index (χ0v) is 14.8. The first kappa shape index (κ1) is 14.9. The third-order valence-corrected chi connectivity index (χ3v) is 3.11. The maximum atomic E-state index is 10.8. The summed E-state index contributed by atoms with van der Waals surface area (Å²) < 4.78 is 15.2. The van der Waals surface area contributed by atoms with E-state index in [0.717, 1.165) is 11.1 Å². The van der Waals surface area contributed by atoms with Gasteiger partial charge in [-0.15, -0.1) is 0 Å². The maximum absolute atomic E-state index is 10.8. The average Bonchev–Trinajstić information content (AvgIpc) is 2.33. The molecule has 0 aliphatic heterocycles. The van der Waals surface area contributed by atoms with E-state index in [4.69, 9.17) is 12.2 Å². The van der Waals surface area contributed by atoms with Crippen LogP contribution in [0.1, 0.15) is 25.0 Å². The SMILES string of the molecule is CC(=O)OCc1ccc([O][Tl])c(COC(C)=O)c1. The van der Waals surface area contributed by atoms with Crippen molar-refractivity contribution in [3.8, 4) is 5.75 Å². The molecule has 1 rings (SSSR count). The molecule has 0 saturated carbocycles. The van der Waals surface area contributed by atoms with Crippen molar-refractivity contribution in [3.05, 3.63) is 29.3 Å². The Bertz CT molecular complexity index is 444. The van der Waals surface area contributed by atoms with Gasteiger partial charge in [-0.2, -0.15) is 0 Å². The molecule has 0 radical (unpaired) electrons. The number of benzene rings is 1. The van der Waals surface area contributed by atoms with Crippen LogP contribution < -0.4 is 2.69 Å². The van der Waals surface area contributed by atoms with Crippen molar-refractivity contribution >= 4 is 38.2 Å². The number of carbonyl (C=O) groups is 2. The number of hydrogen-bond acceptors (Lipinski definition) is 5. The molecule has 0 heterocycles. The molecule has 0 N–H and O–H groups in total. The second-order valence-electron chi connectivity index (χ2n) is 3.62. The number of hydrogen-bond donors (Lipinski definition) is 0. The molecule has 0 fully saturated rings. The first-order valence-corrected chi connectivity index (χ1v) is 7.11. The van der Waals surface area contributed by atoms with Gasteiger partial charge in [0.2, 0.25) is 0 Å². The third-order valence-electron chi connectivity index (χ3n) is 2.12. The number of carbonyl (C=O) groups excluding carboxylic acids is 2. The summed E-state index contributed by atoms with van der Waals surface area (Å²) in [5.74, 6) is 0.0243. The first-order chi connectivity index (χ1) is 8.52. The fourth-order valence-electron chi connectivity index (χ4n) is 1.31. The van der Waals surface area contributed by atoms with E-state index in [-0.39, 0.29) is 25.2 Å². The third kappa shape index (κ3) is 5.03. The monoisotopic (exact) mass is 442 g/mol. The minimum atomic E-state index is -0.345. The molecule has 0 aliphatic rings. The number of rotatable bonds is 5. The van der Waals surface area contributed by atoms with Crippen LogP contribution in [-0.4, -0.2) is 38.2 Å². The summed E-state index contributed by atoms with van der Waals surface area (Å²) in [7, 11) is 0. The van der Waals surface area contributed by atoms with Crippen LogP contribution in [0, 0.1) is 0 Å². The molecule has 18 heavy (non-hydrogen) atoms. The van der Waals surface area contributed by atoms with Gasteiger partial charge >= 0.3 is 122 Å². The molecular weight excluding hydrogens is 429 g/mol. The van der Waals surface area contributed by atoms with E-state index in [2.05, 4.69) is 0 Å². The van der Waals surface area contributed by atoms with Gasteiger partial charge in [0.1, 0.15) is 0 Å². The molecular formula is C12H13O5Tl. The summed E-state index contributed by atoms with van der Waals surface area (Å²) in [5.41, 5.74) is 1.61. The van der Waals surface area contributed by atoms with Crippen LogP contribution in [0.4, 0.5) is 0 Å². The Kier molecular flexibility index (Phi) is 6.10. The number of esters is 2. The van der Waals surface area contributed by atoms with E-state index >= 15 is 0 Å². The molecule has 0 unspecified atom stereocenters. The van der Waals surface area contributed by atoms with E-state index in [1.165, 1.54) is 13.8 Å². The predicted octanol–water partition coefficient (Wildman–Crippen LogP) is 1.28. The molecule has 0 atom stereocenters. The standard InChI is InChI=1S/C12H14O5.Tl/c1-8(13)16-6-10-3-4-12(15)11(5-10)7-17-9(2)14;/h3-5,15H,6-7H2,1-2H3;/q;+1/p-1. The van der Waals surface area contributed by atoms with Gasteiger partial charge in [0.05, 0.1) is 0 Å². The van der Waals surface area contributed by atoms with Crippen LogP contribution >= 0.6 is 0 Å². The average molecular weight is 442 g/mol. The van der Waals surface area contributed by atoms with Gasteiger partial charge in [0.15, 0.2) is 0 Å². The molecule has 1 aromatic carbocycles. The molecule has 0 amide bonds. The van der Waals surface area contributed by atoms with Gasteiger partial charge in [-0.25, -0.2) is 0 Å². The van der Waals surface area contributed by atoms with E-state index < -0.39 is 0 Å². The Hall–Kier alpha value is -1.12. The fourth-order valence-corrected chi connectivity index (χ4v) is 2.21. The van der Waals surface area contributed by atoms with Gasteiger partial charge in [0.25, 0.3) is 0 Å². The second kappa shape index (κ2) is 7.35. The second-order valence-corrected chi connectivity index (χ2v) is 4.54. The summed E-state index contributed by atoms with van der Waals surface area (Å²) >= 11 is 0.352. The van der Waals surface area contributed by atoms with E-state index in [1.807, 2.05) is 12.1 Å². The molecule has 5 nitrogen and oxygen atoms in total. The van der Waals surface area contributed by atoms with Gasteiger partial charge in [0, 0.05) is 0 Å². The van der Waals surface area contributed by atoms with Crippen LogP contribution in [0.15, 0.2) is 18.2 Å². The van der Waals surface area contributed by atoms with Crippen molar-refractivity contribution in [2.24, 2.45) is 0 Å². The van der Waals surface area contributed by atoms with Gasteiger partial charge in [-0.05, 0) is 0 Å². The Morgan fingerprint density at radius 2 is 1.72 bits per heavy atom. The van der Waals surface area contributed by atoms with Crippen molar-refractivity contribution in [1.82, 2.24) is 0 Å². The van der Waals surface area contributed by atoms with Crippen molar-refractivity contribution < 1.29 is 21.7 Å². The molecule has 0 bridgehead atoms. The van der Waals surface area contributed by atoms with Crippen LogP contribution in [0.2, 0.25) is 0 Å². The summed E-state index contributed by atoms with van der Waals surface area (Å²) in [4.78, 5) is 21.5. The zero-order valence-electron chi connectivity index (χ0n) is 10.3. The fraction of sp³-hybridized carbons (Fsp3) is 0.333. The van der Waals surface area contributed by atoms with E-state index in [1.54, 1.807) is 6.07 Å². The van der Waals surface area contributed by atoms with E-state index in [9.17, 15) is 9.59 Å². The minimum absolute atomic E-state index is 0.158. The molecule has 0 saturated heterocycles. The summed E-state index contributed by atoms with van der Waals surface area (Å²) in [6.07, 6.45) is 0. The van der Waals surface area contributed by atoms with Crippen LogP contribution in [0.5, 0.6) is 5.75 Å². The molecule has 0 aromatic heterocycles. The van der Waals surface area contributed by atoms with Crippen molar-refractivity contribution in [3.63, 3.8) is 0 Å². The summed E-state index contributed by atoms with van der Waals surface area (Å²) in [5, 5.41) is 0. The molecule has 6 heteroatoms. The Morgan fingerprint density at radius 1 is 1.11 bits per heavy atom. The predicted molar refractivity (Wildman–Crippen MR) is 63.8 cm³/mol. The van der Waals surface area contributed by atoms with Gasteiger partial charge in [-0.3, -0.25) is 0 Å². The van der Waals surface area contributed by atoms with Crippen LogP contribution in [0.3, 0.4) is 0 Å². The van der Waals surface area contributed by atoms with Crippen molar-refractivity contribution in [2.45, 2.75) is 27.1 Å². The quantitative estimate of drug-likeness (QED) is 0.509. The van der Waals surface area contributed by atoms with Gasteiger partial charge in [-0.1, -0.05) is 0 Å². The normalized spacial score (nSPS) is 9.61.